The van der Waals surface area contributed by atoms with Crippen molar-refractivity contribution < 1.29 is 13.2 Å². The van der Waals surface area contributed by atoms with Gasteiger partial charge in [-0.3, -0.25) is 0 Å². The summed E-state index contributed by atoms with van der Waals surface area (Å²) in [6.07, 6.45) is -3.76. The van der Waals surface area contributed by atoms with Crippen LogP contribution in [-0.4, -0.2) is 6.18 Å². The second kappa shape index (κ2) is 3.01. The summed E-state index contributed by atoms with van der Waals surface area (Å²) in [4.78, 5) is 0. The Morgan fingerprint density at radius 3 is 2.36 bits per heavy atom. The minimum Gasteiger partial charge on any atom is -0.171 e. The molecule has 14 heavy (non-hydrogen) atoms. The number of halogens is 3. The number of rotatable bonds is 1. The van der Waals surface area contributed by atoms with Gasteiger partial charge >= 0.3 is 6.18 Å². The highest BCUT2D eigenvalue weighted by Gasteiger charge is 2.56. The summed E-state index contributed by atoms with van der Waals surface area (Å²) in [6, 6.07) is 7.31. The van der Waals surface area contributed by atoms with Crippen LogP contribution in [0.1, 0.15) is 23.5 Å². The minimum absolute atomic E-state index is 0.258. The number of benzene rings is 1. The summed E-state index contributed by atoms with van der Waals surface area (Å²) in [5.74, 6) is -1.40. The van der Waals surface area contributed by atoms with Gasteiger partial charge in [0.1, 0.15) is 0 Å². The molecule has 1 aliphatic rings. The van der Waals surface area contributed by atoms with Crippen molar-refractivity contribution in [1.82, 2.24) is 0 Å². The summed E-state index contributed by atoms with van der Waals surface area (Å²) in [7, 11) is 0. The van der Waals surface area contributed by atoms with E-state index in [-0.39, 0.29) is 12.3 Å². The maximum Gasteiger partial charge on any atom is 0.392 e. The highest BCUT2D eigenvalue weighted by molar-refractivity contribution is 5.33. The van der Waals surface area contributed by atoms with E-state index in [2.05, 4.69) is 0 Å². The van der Waals surface area contributed by atoms with Gasteiger partial charge in [0.2, 0.25) is 0 Å². The summed E-state index contributed by atoms with van der Waals surface area (Å²) in [5.41, 5.74) is 1.82. The fourth-order valence-electron chi connectivity index (χ4n) is 1.90. The van der Waals surface area contributed by atoms with Crippen LogP contribution in [-0.2, 0) is 0 Å². The molecule has 0 radical (unpaired) electrons. The second-order valence-electron chi connectivity index (χ2n) is 3.85. The van der Waals surface area contributed by atoms with Gasteiger partial charge in [0.25, 0.3) is 0 Å². The van der Waals surface area contributed by atoms with Crippen LogP contribution in [0, 0.1) is 12.8 Å². The maximum absolute atomic E-state index is 12.3. The molecule has 0 amide bonds. The summed E-state index contributed by atoms with van der Waals surface area (Å²) >= 11 is 0. The van der Waals surface area contributed by atoms with Crippen LogP contribution in [0.15, 0.2) is 24.3 Å². The molecule has 1 fully saturated rings. The molecule has 0 saturated heterocycles. The lowest BCUT2D eigenvalue weighted by molar-refractivity contribution is -0.148. The van der Waals surface area contributed by atoms with Gasteiger partial charge in [-0.05, 0) is 30.4 Å². The molecule has 0 spiro atoms. The predicted octanol–water partition coefficient (Wildman–Crippen LogP) is 3.66. The first-order valence-corrected chi connectivity index (χ1v) is 4.62. The van der Waals surface area contributed by atoms with Gasteiger partial charge in [0, 0.05) is 0 Å². The Morgan fingerprint density at radius 1 is 1.21 bits per heavy atom. The van der Waals surface area contributed by atoms with Crippen LogP contribution in [0.3, 0.4) is 0 Å². The SMILES string of the molecule is Cc1ccccc1C1C[C@H]1C(F)(F)F. The summed E-state index contributed by atoms with van der Waals surface area (Å²) < 4.78 is 36.9. The van der Waals surface area contributed by atoms with Crippen LogP contribution in [0.4, 0.5) is 13.2 Å². The average Bonchev–Trinajstić information content (AvgIpc) is 2.83. The van der Waals surface area contributed by atoms with Crippen molar-refractivity contribution in [2.75, 3.05) is 0 Å². The van der Waals surface area contributed by atoms with Crippen LogP contribution < -0.4 is 0 Å². The van der Waals surface area contributed by atoms with Gasteiger partial charge in [-0.2, -0.15) is 13.2 Å². The van der Waals surface area contributed by atoms with E-state index in [4.69, 9.17) is 0 Å². The van der Waals surface area contributed by atoms with Crippen molar-refractivity contribution in [2.45, 2.75) is 25.4 Å². The van der Waals surface area contributed by atoms with E-state index in [1.807, 2.05) is 19.1 Å². The van der Waals surface area contributed by atoms with E-state index in [0.29, 0.717) is 0 Å². The molecule has 2 atom stereocenters. The van der Waals surface area contributed by atoms with E-state index in [0.717, 1.165) is 11.1 Å². The Labute approximate surface area is 80.7 Å². The standard InChI is InChI=1S/C11H11F3/c1-7-4-2-3-5-8(7)9-6-10(9)11(12,13)14/h2-5,9-10H,6H2,1H3/t9?,10-/m1/s1. The largest absolute Gasteiger partial charge is 0.392 e. The third-order valence-electron chi connectivity index (χ3n) is 2.80. The lowest BCUT2D eigenvalue weighted by Crippen LogP contribution is -2.11. The minimum atomic E-state index is -4.02. The summed E-state index contributed by atoms with van der Waals surface area (Å²) in [5, 5.41) is 0. The average molecular weight is 200 g/mol. The van der Waals surface area contributed by atoms with Crippen molar-refractivity contribution in [3.8, 4) is 0 Å². The molecule has 1 saturated carbocycles. The fraction of sp³-hybridized carbons (Fsp3) is 0.455. The predicted molar refractivity (Wildman–Crippen MR) is 48.1 cm³/mol. The maximum atomic E-state index is 12.3. The van der Waals surface area contributed by atoms with Gasteiger partial charge in [0.05, 0.1) is 5.92 Å². The molecule has 0 nitrogen and oxygen atoms in total. The number of hydrogen-bond donors (Lipinski definition) is 0. The van der Waals surface area contributed by atoms with Crippen molar-refractivity contribution in [3.63, 3.8) is 0 Å². The molecular weight excluding hydrogens is 189 g/mol. The molecule has 0 heterocycles. The topological polar surface area (TPSA) is 0 Å². The van der Waals surface area contributed by atoms with E-state index in [9.17, 15) is 13.2 Å². The lowest BCUT2D eigenvalue weighted by atomic mass is 10.0. The molecule has 1 aromatic carbocycles. The highest BCUT2D eigenvalue weighted by Crippen LogP contribution is 2.56. The van der Waals surface area contributed by atoms with E-state index < -0.39 is 12.1 Å². The molecule has 1 aromatic rings. The molecule has 2 rings (SSSR count). The number of alkyl halides is 3. The highest BCUT2D eigenvalue weighted by atomic mass is 19.4. The Bertz CT molecular complexity index is 341. The molecule has 1 unspecified atom stereocenters. The molecule has 3 heteroatoms. The second-order valence-corrected chi connectivity index (χ2v) is 3.85. The van der Waals surface area contributed by atoms with Gasteiger partial charge in [-0.15, -0.1) is 0 Å². The van der Waals surface area contributed by atoms with Crippen molar-refractivity contribution in [1.29, 1.82) is 0 Å². The van der Waals surface area contributed by atoms with Crippen LogP contribution in [0.25, 0.3) is 0 Å². The molecule has 0 N–H and O–H groups in total. The van der Waals surface area contributed by atoms with Gasteiger partial charge in [-0.1, -0.05) is 24.3 Å². The van der Waals surface area contributed by atoms with Crippen LogP contribution in [0.5, 0.6) is 0 Å². The molecule has 0 aromatic heterocycles. The zero-order valence-corrected chi connectivity index (χ0v) is 7.81. The Kier molecular flexibility index (Phi) is 2.05. The third kappa shape index (κ3) is 1.63. The van der Waals surface area contributed by atoms with Gasteiger partial charge in [0.15, 0.2) is 0 Å². The molecule has 0 bridgehead atoms. The molecule has 0 aliphatic heterocycles. The monoisotopic (exact) mass is 200 g/mol. The van der Waals surface area contributed by atoms with E-state index in [1.165, 1.54) is 0 Å². The zero-order chi connectivity index (χ0) is 10.3. The molecule has 1 aliphatic carbocycles. The Morgan fingerprint density at radius 2 is 1.86 bits per heavy atom. The van der Waals surface area contributed by atoms with Crippen LogP contribution in [0.2, 0.25) is 0 Å². The Balaban J connectivity index is 2.18. The van der Waals surface area contributed by atoms with Crippen LogP contribution >= 0.6 is 0 Å². The van der Waals surface area contributed by atoms with Crippen molar-refractivity contribution in [2.24, 2.45) is 5.92 Å². The van der Waals surface area contributed by atoms with Gasteiger partial charge < -0.3 is 0 Å². The summed E-state index contributed by atoms with van der Waals surface area (Å²) in [6.45, 7) is 1.86. The van der Waals surface area contributed by atoms with E-state index >= 15 is 0 Å². The van der Waals surface area contributed by atoms with Crippen molar-refractivity contribution >= 4 is 0 Å². The Hall–Kier alpha value is -0.990. The quantitative estimate of drug-likeness (QED) is 0.649. The van der Waals surface area contributed by atoms with Gasteiger partial charge in [-0.25, -0.2) is 0 Å². The smallest absolute Gasteiger partial charge is 0.171 e. The normalized spacial score (nSPS) is 26.3. The molecule has 76 valence electrons. The zero-order valence-electron chi connectivity index (χ0n) is 7.81. The third-order valence-corrected chi connectivity index (χ3v) is 2.80. The fourth-order valence-corrected chi connectivity index (χ4v) is 1.90. The van der Waals surface area contributed by atoms with Crippen molar-refractivity contribution in [3.05, 3.63) is 35.4 Å². The lowest BCUT2D eigenvalue weighted by Gasteiger charge is -2.07. The number of aryl methyl sites for hydroxylation is 1. The van der Waals surface area contributed by atoms with E-state index in [1.54, 1.807) is 12.1 Å². The number of hydrogen-bond acceptors (Lipinski definition) is 0. The molecular formula is C11H11F3. The first kappa shape index (κ1) is 9.56. The first-order chi connectivity index (χ1) is 6.50. The first-order valence-electron chi connectivity index (χ1n) is 4.62.